The smallest absolute Gasteiger partial charge is 0.226 e. The van der Waals surface area contributed by atoms with E-state index in [1.807, 2.05) is 0 Å². The van der Waals surface area contributed by atoms with Crippen molar-refractivity contribution in [1.29, 1.82) is 0 Å². The van der Waals surface area contributed by atoms with E-state index >= 15 is 0 Å². The van der Waals surface area contributed by atoms with Crippen LogP contribution in [-0.4, -0.2) is 43.2 Å². The standard InChI is InChI=1S/C27H37FN2O/c28-10-4-9-25-13-20-14-26(17-25,22-5-2-1-3-6-22)19-27(15-20,18-25)24(31)29-23-16-30-11-7-21(23)8-12-30/h1-3,5-6,20-21,23H,4,7-19H2,(H,29,31)/t20?,23-,25+,26+,27?/m1/s1. The number of carbonyl (C=O) groups excluding carboxylic acids is 1. The second-order valence-electron chi connectivity index (χ2n) is 11.9. The lowest BCUT2D eigenvalue weighted by molar-refractivity contribution is -0.165. The summed E-state index contributed by atoms with van der Waals surface area (Å²) in [7, 11) is 0. The number of piperidine rings is 3. The number of hydrogen-bond acceptors (Lipinski definition) is 2. The molecule has 2 unspecified atom stereocenters. The first-order chi connectivity index (χ1) is 15.0. The van der Waals surface area contributed by atoms with E-state index in [1.54, 1.807) is 0 Å². The van der Waals surface area contributed by atoms with Crippen LogP contribution in [0, 0.1) is 22.7 Å². The fourth-order valence-corrected chi connectivity index (χ4v) is 9.18. The second kappa shape index (κ2) is 7.30. The molecule has 4 aliphatic carbocycles. The maximum Gasteiger partial charge on any atom is 0.226 e. The molecule has 0 aromatic heterocycles. The summed E-state index contributed by atoms with van der Waals surface area (Å²) in [6.07, 6.45) is 10.6. The Morgan fingerprint density at radius 1 is 1.06 bits per heavy atom. The number of nitrogens with one attached hydrogen (secondary N) is 1. The lowest BCUT2D eigenvalue weighted by Crippen LogP contribution is -2.65. The molecule has 4 heteroatoms. The minimum absolute atomic E-state index is 0.101. The quantitative estimate of drug-likeness (QED) is 0.708. The van der Waals surface area contributed by atoms with Gasteiger partial charge in [0, 0.05) is 12.6 Å². The molecular weight excluding hydrogens is 387 g/mol. The van der Waals surface area contributed by atoms with E-state index < -0.39 is 0 Å². The first kappa shape index (κ1) is 20.2. The Labute approximate surface area is 186 Å². The molecular formula is C27H37FN2O. The van der Waals surface area contributed by atoms with Crippen LogP contribution in [0.1, 0.15) is 69.8 Å². The zero-order valence-corrected chi connectivity index (χ0v) is 18.8. The summed E-state index contributed by atoms with van der Waals surface area (Å²) >= 11 is 0. The van der Waals surface area contributed by atoms with Crippen molar-refractivity contribution in [2.45, 2.75) is 75.7 Å². The predicted molar refractivity (Wildman–Crippen MR) is 120 cm³/mol. The molecule has 1 amide bonds. The van der Waals surface area contributed by atoms with Gasteiger partial charge in [-0.2, -0.15) is 0 Å². The van der Waals surface area contributed by atoms with Gasteiger partial charge in [0.05, 0.1) is 12.1 Å². The minimum atomic E-state index is -0.252. The van der Waals surface area contributed by atoms with Gasteiger partial charge in [-0.3, -0.25) is 9.18 Å². The van der Waals surface area contributed by atoms with Gasteiger partial charge in [0.2, 0.25) is 5.91 Å². The number of hydrogen-bond donors (Lipinski definition) is 1. The molecule has 31 heavy (non-hydrogen) atoms. The summed E-state index contributed by atoms with van der Waals surface area (Å²) < 4.78 is 13.3. The normalized spacial score (nSPS) is 45.1. The Kier molecular flexibility index (Phi) is 4.76. The number of halogens is 1. The summed E-state index contributed by atoms with van der Waals surface area (Å²) in [4.78, 5) is 16.6. The molecule has 0 radical (unpaired) electrons. The maximum atomic E-state index is 14.0. The van der Waals surface area contributed by atoms with E-state index in [0.717, 1.165) is 38.6 Å². The molecule has 4 saturated carbocycles. The average Bonchev–Trinajstić information content (AvgIpc) is 2.78. The first-order valence-corrected chi connectivity index (χ1v) is 12.7. The predicted octanol–water partition coefficient (Wildman–Crippen LogP) is 4.85. The van der Waals surface area contributed by atoms with Gasteiger partial charge in [-0.25, -0.2) is 0 Å². The summed E-state index contributed by atoms with van der Waals surface area (Å²) in [5.74, 6) is 1.60. The summed E-state index contributed by atoms with van der Waals surface area (Å²) in [5, 5.41) is 3.59. The van der Waals surface area contributed by atoms with Crippen molar-refractivity contribution in [2.24, 2.45) is 22.7 Å². The Morgan fingerprint density at radius 2 is 1.87 bits per heavy atom. The molecule has 3 aliphatic heterocycles. The Bertz CT molecular complexity index is 837. The van der Waals surface area contributed by atoms with Gasteiger partial charge in [0.15, 0.2) is 0 Å². The molecule has 6 bridgehead atoms. The molecule has 8 rings (SSSR count). The van der Waals surface area contributed by atoms with E-state index in [4.69, 9.17) is 0 Å². The van der Waals surface area contributed by atoms with E-state index in [0.29, 0.717) is 30.2 Å². The van der Waals surface area contributed by atoms with Gasteiger partial charge in [0.1, 0.15) is 0 Å². The van der Waals surface area contributed by atoms with Gasteiger partial charge in [-0.15, -0.1) is 0 Å². The molecule has 168 valence electrons. The molecule has 1 aromatic carbocycles. The third-order valence-electron chi connectivity index (χ3n) is 9.87. The number of amides is 1. The number of nitrogens with zero attached hydrogens (tertiary/aromatic N) is 1. The highest BCUT2D eigenvalue weighted by molar-refractivity contribution is 5.84. The molecule has 7 aliphatic rings. The Morgan fingerprint density at radius 3 is 2.58 bits per heavy atom. The van der Waals surface area contributed by atoms with Crippen molar-refractivity contribution >= 4 is 5.91 Å². The zero-order valence-electron chi connectivity index (χ0n) is 18.8. The van der Waals surface area contributed by atoms with Crippen molar-refractivity contribution < 1.29 is 9.18 Å². The van der Waals surface area contributed by atoms with E-state index in [1.165, 1.54) is 44.3 Å². The van der Waals surface area contributed by atoms with Crippen molar-refractivity contribution in [3.63, 3.8) is 0 Å². The highest BCUT2D eigenvalue weighted by Crippen LogP contribution is 2.71. The lowest BCUT2D eigenvalue weighted by atomic mass is 9.37. The number of carbonyl (C=O) groups is 1. The van der Waals surface area contributed by atoms with Crippen molar-refractivity contribution in [2.75, 3.05) is 26.3 Å². The van der Waals surface area contributed by atoms with Crippen LogP contribution in [0.15, 0.2) is 30.3 Å². The van der Waals surface area contributed by atoms with Crippen LogP contribution in [0.5, 0.6) is 0 Å². The molecule has 7 fully saturated rings. The zero-order chi connectivity index (χ0) is 21.1. The van der Waals surface area contributed by atoms with E-state index in [2.05, 4.69) is 40.5 Å². The fourth-order valence-electron chi connectivity index (χ4n) is 9.18. The van der Waals surface area contributed by atoms with Crippen molar-refractivity contribution in [3.05, 3.63) is 35.9 Å². The fraction of sp³-hybridized carbons (Fsp3) is 0.741. The van der Waals surface area contributed by atoms with Gasteiger partial charge in [-0.05, 0) is 106 Å². The van der Waals surface area contributed by atoms with Crippen LogP contribution < -0.4 is 5.32 Å². The minimum Gasteiger partial charge on any atom is -0.351 e. The topological polar surface area (TPSA) is 32.3 Å². The summed E-state index contributed by atoms with van der Waals surface area (Å²) in [5.41, 5.74) is 1.41. The van der Waals surface area contributed by atoms with Crippen molar-refractivity contribution in [3.8, 4) is 0 Å². The highest BCUT2D eigenvalue weighted by atomic mass is 19.1. The van der Waals surface area contributed by atoms with Crippen LogP contribution in [0.4, 0.5) is 4.39 Å². The van der Waals surface area contributed by atoms with Gasteiger partial charge >= 0.3 is 0 Å². The second-order valence-corrected chi connectivity index (χ2v) is 11.9. The number of benzene rings is 1. The van der Waals surface area contributed by atoms with E-state index in [9.17, 15) is 9.18 Å². The highest BCUT2D eigenvalue weighted by Gasteiger charge is 2.65. The van der Waals surface area contributed by atoms with Crippen molar-refractivity contribution in [1.82, 2.24) is 10.2 Å². The van der Waals surface area contributed by atoms with Gasteiger partial charge < -0.3 is 10.2 Å². The summed E-state index contributed by atoms with van der Waals surface area (Å²) in [6, 6.07) is 11.3. The van der Waals surface area contributed by atoms with Gasteiger partial charge in [0.25, 0.3) is 0 Å². The largest absolute Gasteiger partial charge is 0.351 e. The molecule has 3 heterocycles. The molecule has 3 nitrogen and oxygen atoms in total. The van der Waals surface area contributed by atoms with Crippen LogP contribution in [-0.2, 0) is 10.2 Å². The SMILES string of the molecule is O=C(N[C@@H]1CN2CCC1CC2)C12CC3C[C@](CCCF)(C1)C[C@@](c1ccccc1)(C3)C2. The maximum absolute atomic E-state index is 14.0. The molecule has 3 saturated heterocycles. The van der Waals surface area contributed by atoms with Crippen LogP contribution >= 0.6 is 0 Å². The first-order valence-electron chi connectivity index (χ1n) is 12.7. The van der Waals surface area contributed by atoms with Crippen LogP contribution in [0.3, 0.4) is 0 Å². The lowest BCUT2D eigenvalue weighted by Gasteiger charge is -2.66. The van der Waals surface area contributed by atoms with Gasteiger partial charge in [-0.1, -0.05) is 30.3 Å². The monoisotopic (exact) mass is 424 g/mol. The molecule has 5 atom stereocenters. The molecule has 0 spiro atoms. The van der Waals surface area contributed by atoms with Crippen LogP contribution in [0.2, 0.25) is 0 Å². The average molecular weight is 425 g/mol. The molecule has 1 N–H and O–H groups in total. The van der Waals surface area contributed by atoms with Crippen LogP contribution in [0.25, 0.3) is 0 Å². The molecule has 1 aromatic rings. The summed E-state index contributed by atoms with van der Waals surface area (Å²) in [6.45, 7) is 3.21. The third kappa shape index (κ3) is 3.27. The van der Waals surface area contributed by atoms with E-state index in [-0.39, 0.29) is 22.9 Å². The number of alkyl halides is 1. The Hall–Kier alpha value is -1.42. The number of rotatable bonds is 6. The Balaban J connectivity index is 1.32. The number of fused-ring (bicyclic) bond motifs is 3. The third-order valence-corrected chi connectivity index (χ3v) is 9.87.